The molecule has 5 heteroatoms. The van der Waals surface area contributed by atoms with E-state index in [0.717, 1.165) is 22.7 Å². The smallest absolute Gasteiger partial charge is 0.279 e. The molecule has 2 N–H and O–H groups in total. The standard InChI is InChI=1S/C20H27N3O2/c1-15-6-11-19(25-5)18(12-15)21-20(24)14-23(4)13-16-7-9-17(10-8-16)22(2)3/h6-12H,13-14H2,1-5H3,(H,21,24)/p+1. The van der Waals surface area contributed by atoms with Crippen LogP contribution in [0.4, 0.5) is 11.4 Å². The molecule has 1 atom stereocenters. The van der Waals surface area contributed by atoms with Gasteiger partial charge in [-0.1, -0.05) is 18.2 Å². The van der Waals surface area contributed by atoms with Crippen molar-refractivity contribution in [2.75, 3.05) is 45.0 Å². The Labute approximate surface area is 150 Å². The van der Waals surface area contributed by atoms with Gasteiger partial charge in [0.25, 0.3) is 5.91 Å². The number of aryl methyl sites for hydroxylation is 1. The molecule has 2 aromatic carbocycles. The fourth-order valence-corrected chi connectivity index (χ4v) is 2.71. The van der Waals surface area contributed by atoms with E-state index in [-0.39, 0.29) is 5.91 Å². The van der Waals surface area contributed by atoms with Crippen LogP contribution in [0.3, 0.4) is 0 Å². The Morgan fingerprint density at radius 3 is 2.44 bits per heavy atom. The summed E-state index contributed by atoms with van der Waals surface area (Å²) in [5.74, 6) is 0.655. The zero-order valence-corrected chi connectivity index (χ0v) is 15.7. The summed E-state index contributed by atoms with van der Waals surface area (Å²) >= 11 is 0. The lowest BCUT2D eigenvalue weighted by Crippen LogP contribution is -3.08. The molecule has 0 fully saturated rings. The average molecular weight is 342 g/mol. The Morgan fingerprint density at radius 1 is 1.16 bits per heavy atom. The molecule has 0 aliphatic rings. The summed E-state index contributed by atoms with van der Waals surface area (Å²) in [6, 6.07) is 14.2. The molecule has 0 aliphatic heterocycles. The first kappa shape index (κ1) is 18.8. The second-order valence-corrected chi connectivity index (χ2v) is 6.62. The lowest BCUT2D eigenvalue weighted by molar-refractivity contribution is -0.885. The van der Waals surface area contributed by atoms with Gasteiger partial charge >= 0.3 is 0 Å². The number of benzene rings is 2. The molecule has 0 saturated heterocycles. The molecule has 1 amide bonds. The first-order valence-electron chi connectivity index (χ1n) is 8.41. The maximum absolute atomic E-state index is 12.3. The van der Waals surface area contributed by atoms with E-state index >= 15 is 0 Å². The second-order valence-electron chi connectivity index (χ2n) is 6.62. The van der Waals surface area contributed by atoms with Crippen LogP contribution in [0.5, 0.6) is 5.75 Å². The summed E-state index contributed by atoms with van der Waals surface area (Å²) in [6.45, 7) is 3.18. The summed E-state index contributed by atoms with van der Waals surface area (Å²) in [6.07, 6.45) is 0. The highest BCUT2D eigenvalue weighted by Gasteiger charge is 2.13. The molecule has 0 heterocycles. The first-order chi connectivity index (χ1) is 11.9. The lowest BCUT2D eigenvalue weighted by Gasteiger charge is -2.16. The van der Waals surface area contributed by atoms with Gasteiger partial charge in [-0.3, -0.25) is 4.79 Å². The van der Waals surface area contributed by atoms with E-state index in [9.17, 15) is 4.79 Å². The predicted molar refractivity (Wildman–Crippen MR) is 103 cm³/mol. The van der Waals surface area contributed by atoms with Crippen LogP contribution in [-0.2, 0) is 11.3 Å². The van der Waals surface area contributed by atoms with Crippen molar-refractivity contribution < 1.29 is 14.4 Å². The van der Waals surface area contributed by atoms with Crippen molar-refractivity contribution in [2.45, 2.75) is 13.5 Å². The Kier molecular flexibility index (Phi) is 6.42. The van der Waals surface area contributed by atoms with E-state index < -0.39 is 0 Å². The van der Waals surface area contributed by atoms with Gasteiger partial charge in [0.15, 0.2) is 6.54 Å². The largest absolute Gasteiger partial charge is 0.495 e. The molecular formula is C20H28N3O2+. The molecule has 2 aromatic rings. The van der Waals surface area contributed by atoms with E-state index in [1.807, 2.05) is 46.3 Å². The molecule has 0 aromatic heterocycles. The molecule has 1 unspecified atom stereocenters. The van der Waals surface area contributed by atoms with Crippen LogP contribution in [0.2, 0.25) is 0 Å². The number of nitrogens with zero attached hydrogens (tertiary/aromatic N) is 1. The van der Waals surface area contributed by atoms with Crippen molar-refractivity contribution in [1.29, 1.82) is 0 Å². The third-order valence-electron chi connectivity index (χ3n) is 4.05. The number of hydrogen-bond acceptors (Lipinski definition) is 3. The van der Waals surface area contributed by atoms with Gasteiger partial charge in [0.1, 0.15) is 12.3 Å². The Hall–Kier alpha value is -2.53. The van der Waals surface area contributed by atoms with Crippen LogP contribution in [0, 0.1) is 6.92 Å². The van der Waals surface area contributed by atoms with Gasteiger partial charge in [-0.05, 0) is 36.8 Å². The minimum atomic E-state index is -0.0219. The van der Waals surface area contributed by atoms with Gasteiger partial charge in [-0.2, -0.15) is 0 Å². The van der Waals surface area contributed by atoms with Crippen LogP contribution in [-0.4, -0.2) is 40.7 Å². The molecule has 134 valence electrons. The summed E-state index contributed by atoms with van der Waals surface area (Å²) < 4.78 is 5.31. The summed E-state index contributed by atoms with van der Waals surface area (Å²) in [5.41, 5.74) is 4.18. The molecule has 25 heavy (non-hydrogen) atoms. The highest BCUT2D eigenvalue weighted by Crippen LogP contribution is 2.24. The quantitative estimate of drug-likeness (QED) is 0.805. The molecule has 0 radical (unpaired) electrons. The molecule has 5 nitrogen and oxygen atoms in total. The van der Waals surface area contributed by atoms with Crippen LogP contribution in [0.1, 0.15) is 11.1 Å². The van der Waals surface area contributed by atoms with Gasteiger partial charge in [-0.15, -0.1) is 0 Å². The average Bonchev–Trinajstić information content (AvgIpc) is 2.55. The number of likely N-dealkylation sites (N-methyl/N-ethyl adjacent to an activating group) is 1. The second kappa shape index (κ2) is 8.53. The van der Waals surface area contributed by atoms with Gasteiger partial charge in [-0.25, -0.2) is 0 Å². The summed E-state index contributed by atoms with van der Waals surface area (Å²) in [4.78, 5) is 15.5. The van der Waals surface area contributed by atoms with E-state index in [2.05, 4.69) is 34.5 Å². The van der Waals surface area contributed by atoms with Crippen LogP contribution in [0.25, 0.3) is 0 Å². The molecule has 0 aliphatic carbocycles. The van der Waals surface area contributed by atoms with Crippen molar-refractivity contribution in [2.24, 2.45) is 0 Å². The van der Waals surface area contributed by atoms with Crippen LogP contribution in [0.15, 0.2) is 42.5 Å². The summed E-state index contributed by atoms with van der Waals surface area (Å²) in [5, 5.41) is 2.95. The van der Waals surface area contributed by atoms with Gasteiger partial charge in [0.2, 0.25) is 0 Å². The van der Waals surface area contributed by atoms with Crippen molar-refractivity contribution in [3.63, 3.8) is 0 Å². The molecular weight excluding hydrogens is 314 g/mol. The highest BCUT2D eigenvalue weighted by atomic mass is 16.5. The molecule has 0 saturated carbocycles. The molecule has 2 rings (SSSR count). The van der Waals surface area contributed by atoms with Gasteiger partial charge in [0.05, 0.1) is 19.8 Å². The number of methoxy groups -OCH3 is 1. The van der Waals surface area contributed by atoms with E-state index in [1.54, 1.807) is 7.11 Å². The molecule has 0 spiro atoms. The number of nitrogens with one attached hydrogen (secondary N) is 2. The summed E-state index contributed by atoms with van der Waals surface area (Å²) in [7, 11) is 7.68. The third-order valence-corrected chi connectivity index (χ3v) is 4.05. The van der Waals surface area contributed by atoms with E-state index in [4.69, 9.17) is 4.74 Å². The van der Waals surface area contributed by atoms with Crippen molar-refractivity contribution in [1.82, 2.24) is 0 Å². The fourth-order valence-electron chi connectivity index (χ4n) is 2.71. The number of hydrogen-bond donors (Lipinski definition) is 2. The zero-order valence-electron chi connectivity index (χ0n) is 15.7. The van der Waals surface area contributed by atoms with E-state index in [0.29, 0.717) is 12.3 Å². The molecule has 0 bridgehead atoms. The number of anilines is 2. The van der Waals surface area contributed by atoms with E-state index in [1.165, 1.54) is 11.3 Å². The SMILES string of the molecule is COc1ccc(C)cc1NC(=O)C[NH+](C)Cc1ccc(N(C)C)cc1. The number of quaternary nitrogens is 1. The minimum Gasteiger partial charge on any atom is -0.495 e. The number of amides is 1. The Balaban J connectivity index is 1.93. The van der Waals surface area contributed by atoms with Crippen molar-refractivity contribution in [3.8, 4) is 5.75 Å². The maximum Gasteiger partial charge on any atom is 0.279 e. The number of carbonyl (C=O) groups is 1. The van der Waals surface area contributed by atoms with Crippen molar-refractivity contribution in [3.05, 3.63) is 53.6 Å². The minimum absolute atomic E-state index is 0.0219. The lowest BCUT2D eigenvalue weighted by atomic mass is 10.2. The number of carbonyl (C=O) groups excluding carboxylic acids is 1. The highest BCUT2D eigenvalue weighted by molar-refractivity contribution is 5.93. The third kappa shape index (κ3) is 5.50. The Bertz CT molecular complexity index is 711. The maximum atomic E-state index is 12.3. The van der Waals surface area contributed by atoms with Crippen LogP contribution < -0.4 is 19.9 Å². The van der Waals surface area contributed by atoms with Gasteiger partial charge < -0.3 is 19.9 Å². The van der Waals surface area contributed by atoms with Crippen molar-refractivity contribution >= 4 is 17.3 Å². The number of ether oxygens (including phenoxy) is 1. The monoisotopic (exact) mass is 342 g/mol. The topological polar surface area (TPSA) is 46.0 Å². The first-order valence-corrected chi connectivity index (χ1v) is 8.41. The van der Waals surface area contributed by atoms with Crippen LogP contribution >= 0.6 is 0 Å². The van der Waals surface area contributed by atoms with Gasteiger partial charge in [0, 0.05) is 25.3 Å². The number of rotatable bonds is 7. The Morgan fingerprint density at radius 2 is 1.84 bits per heavy atom. The zero-order chi connectivity index (χ0) is 18.4. The normalized spacial score (nSPS) is 11.7. The fraction of sp³-hybridized carbons (Fsp3) is 0.350. The predicted octanol–water partition coefficient (Wildman–Crippen LogP) is 1.72.